The number of methoxy groups -OCH3 is 2. The average molecular weight is 692 g/mol. The molecule has 4 aromatic rings. The second-order valence-corrected chi connectivity index (χ2v) is 12.3. The average Bonchev–Trinajstić information content (AvgIpc) is 3.48. The second-order valence-electron chi connectivity index (χ2n) is 12.3. The molecule has 2 aliphatic rings. The third-order valence-corrected chi connectivity index (χ3v) is 9.19. The van der Waals surface area contributed by atoms with Crippen molar-refractivity contribution in [3.8, 4) is 11.5 Å². The minimum Gasteiger partial charge on any atom is -0.497 e. The van der Waals surface area contributed by atoms with E-state index in [1.54, 1.807) is 40.1 Å². The third-order valence-electron chi connectivity index (χ3n) is 9.19. The maximum absolute atomic E-state index is 14.4. The predicted molar refractivity (Wildman–Crippen MR) is 190 cm³/mol. The van der Waals surface area contributed by atoms with Crippen molar-refractivity contribution in [1.82, 2.24) is 25.1 Å². The fourth-order valence-electron chi connectivity index (χ4n) is 6.61. The summed E-state index contributed by atoms with van der Waals surface area (Å²) in [6.07, 6.45) is 1.25. The van der Waals surface area contributed by atoms with Crippen molar-refractivity contribution in [3.05, 3.63) is 120 Å². The van der Waals surface area contributed by atoms with E-state index in [2.05, 4.69) is 16.6 Å². The fourth-order valence-corrected chi connectivity index (χ4v) is 6.61. The number of carbonyl (C=O) groups excluding carboxylic acids is 4. The molecule has 0 radical (unpaired) electrons. The first-order valence-electron chi connectivity index (χ1n) is 16.7. The van der Waals surface area contributed by atoms with Crippen molar-refractivity contribution < 1.29 is 33.4 Å². The van der Waals surface area contributed by atoms with Gasteiger partial charge in [-0.25, -0.2) is 9.59 Å². The van der Waals surface area contributed by atoms with Crippen molar-refractivity contribution in [2.24, 2.45) is 0 Å². The van der Waals surface area contributed by atoms with Gasteiger partial charge in [-0.3, -0.25) is 14.6 Å². The highest BCUT2D eigenvalue weighted by Crippen LogP contribution is 2.31. The summed E-state index contributed by atoms with van der Waals surface area (Å²) < 4.78 is 15.4. The molecule has 4 aromatic carbocycles. The number of piperazine rings is 1. The molecule has 6 rings (SSSR count). The lowest BCUT2D eigenvalue weighted by atomic mass is 9.99. The standard InChI is InChI=1S/C39H41N5O7/c1-4-20-42(39(48)40-22-28-14-16-31(49-2)17-15-28)43-25-36(45)44-34(21-27-12-18-32(19-13-27)51-26-37(46)50-3)38(47)41(24-35(43)44)23-30-10-7-9-29-8-5-6-11-33(29)30/h4-19,34-35H,1,20-26H2,2-3H3,(H,40,48)/t34-,35+/m0/s1. The smallest absolute Gasteiger partial charge is 0.343 e. The molecule has 2 aliphatic heterocycles. The Kier molecular flexibility index (Phi) is 10.8. The van der Waals surface area contributed by atoms with E-state index in [-0.39, 0.29) is 51.0 Å². The van der Waals surface area contributed by atoms with Gasteiger partial charge in [-0.2, -0.15) is 5.01 Å². The highest BCUT2D eigenvalue weighted by atomic mass is 16.6. The maximum Gasteiger partial charge on any atom is 0.343 e. The van der Waals surface area contributed by atoms with E-state index in [1.807, 2.05) is 78.9 Å². The highest BCUT2D eigenvalue weighted by Gasteiger charge is 2.52. The zero-order valence-electron chi connectivity index (χ0n) is 28.7. The van der Waals surface area contributed by atoms with E-state index in [0.717, 1.165) is 27.5 Å². The van der Waals surface area contributed by atoms with Crippen LogP contribution in [0.1, 0.15) is 16.7 Å². The van der Waals surface area contributed by atoms with Crippen molar-refractivity contribution in [1.29, 1.82) is 0 Å². The van der Waals surface area contributed by atoms with E-state index < -0.39 is 24.2 Å². The minimum atomic E-state index is -0.828. The zero-order valence-corrected chi connectivity index (χ0v) is 28.7. The summed E-state index contributed by atoms with van der Waals surface area (Å²) in [6.45, 7) is 4.51. The Labute approximate surface area is 296 Å². The number of urea groups is 1. The Morgan fingerprint density at radius 3 is 2.35 bits per heavy atom. The summed E-state index contributed by atoms with van der Waals surface area (Å²) in [5, 5.41) is 8.32. The quantitative estimate of drug-likeness (QED) is 0.164. The van der Waals surface area contributed by atoms with Gasteiger partial charge < -0.3 is 29.3 Å². The lowest BCUT2D eigenvalue weighted by Gasteiger charge is -2.46. The Morgan fingerprint density at radius 1 is 0.922 bits per heavy atom. The van der Waals surface area contributed by atoms with E-state index in [1.165, 1.54) is 12.1 Å². The number of fused-ring (bicyclic) bond motifs is 2. The molecule has 0 unspecified atom stereocenters. The van der Waals surface area contributed by atoms with Gasteiger partial charge in [-0.15, -0.1) is 6.58 Å². The summed E-state index contributed by atoms with van der Waals surface area (Å²) in [4.78, 5) is 56.9. The summed E-state index contributed by atoms with van der Waals surface area (Å²) in [5.41, 5.74) is 2.67. The van der Waals surface area contributed by atoms with Crippen molar-refractivity contribution in [2.45, 2.75) is 31.7 Å². The SMILES string of the molecule is C=CCN(C(=O)NCc1ccc(OC)cc1)N1CC(=O)N2[C@@H](Cc3ccc(OCC(=O)OC)cc3)C(=O)N(Cc3cccc4ccccc34)C[C@@H]21. The molecule has 2 fully saturated rings. The predicted octanol–water partition coefficient (Wildman–Crippen LogP) is 4.14. The Hall–Kier alpha value is -5.88. The molecule has 0 aromatic heterocycles. The number of ether oxygens (including phenoxy) is 3. The molecular formula is C39H41N5O7. The molecular weight excluding hydrogens is 650 g/mol. The van der Waals surface area contributed by atoms with Gasteiger partial charge in [0.2, 0.25) is 11.8 Å². The summed E-state index contributed by atoms with van der Waals surface area (Å²) in [6, 6.07) is 27.3. The second kappa shape index (κ2) is 15.8. The Bertz CT molecular complexity index is 1890. The molecule has 51 heavy (non-hydrogen) atoms. The van der Waals surface area contributed by atoms with Crippen molar-refractivity contribution >= 4 is 34.6 Å². The molecule has 2 heterocycles. The first kappa shape index (κ1) is 35.0. The number of nitrogens with zero attached hydrogens (tertiary/aromatic N) is 4. The fraction of sp³-hybridized carbons (Fsp3) is 0.282. The van der Waals surface area contributed by atoms with Crippen LogP contribution in [-0.2, 0) is 38.6 Å². The summed E-state index contributed by atoms with van der Waals surface area (Å²) in [7, 11) is 2.89. The van der Waals surface area contributed by atoms with Crippen molar-refractivity contribution in [3.63, 3.8) is 0 Å². The topological polar surface area (TPSA) is 121 Å². The minimum absolute atomic E-state index is 0.0827. The van der Waals surface area contributed by atoms with Crippen LogP contribution in [0.4, 0.5) is 4.79 Å². The van der Waals surface area contributed by atoms with Crippen LogP contribution in [0.2, 0.25) is 0 Å². The molecule has 12 heteroatoms. The van der Waals surface area contributed by atoms with Gasteiger partial charge >= 0.3 is 12.0 Å². The van der Waals surface area contributed by atoms with E-state index in [0.29, 0.717) is 18.0 Å². The van der Waals surface area contributed by atoms with Crippen LogP contribution in [0.5, 0.6) is 11.5 Å². The van der Waals surface area contributed by atoms with Gasteiger partial charge in [0.1, 0.15) is 23.7 Å². The molecule has 4 amide bonds. The van der Waals surface area contributed by atoms with Crippen LogP contribution < -0.4 is 14.8 Å². The Balaban J connectivity index is 1.28. The largest absolute Gasteiger partial charge is 0.497 e. The molecule has 0 saturated carbocycles. The summed E-state index contributed by atoms with van der Waals surface area (Å²) in [5.74, 6) is 0.254. The number of rotatable bonds is 13. The van der Waals surface area contributed by atoms with Crippen LogP contribution in [0.25, 0.3) is 10.8 Å². The number of benzene rings is 4. The molecule has 2 saturated heterocycles. The Morgan fingerprint density at radius 2 is 1.63 bits per heavy atom. The van der Waals surface area contributed by atoms with Gasteiger partial charge in [-0.05, 0) is 51.7 Å². The summed E-state index contributed by atoms with van der Waals surface area (Å²) >= 11 is 0. The molecule has 0 bridgehead atoms. The number of amides is 4. The lowest BCUT2D eigenvalue weighted by Crippen LogP contribution is -2.66. The van der Waals surface area contributed by atoms with Crippen LogP contribution in [-0.4, -0.2) is 96.3 Å². The van der Waals surface area contributed by atoms with Gasteiger partial charge in [0.25, 0.3) is 0 Å². The van der Waals surface area contributed by atoms with Crippen LogP contribution in [0, 0.1) is 0 Å². The first-order chi connectivity index (χ1) is 24.8. The zero-order chi connectivity index (χ0) is 35.9. The highest BCUT2D eigenvalue weighted by molar-refractivity contribution is 5.92. The molecule has 1 N–H and O–H groups in total. The number of carbonyl (C=O) groups is 4. The van der Waals surface area contributed by atoms with Crippen LogP contribution >= 0.6 is 0 Å². The number of nitrogens with one attached hydrogen (secondary N) is 1. The lowest BCUT2D eigenvalue weighted by molar-refractivity contribution is -0.157. The third kappa shape index (κ3) is 7.81. The number of hydrogen-bond donors (Lipinski definition) is 1. The van der Waals surface area contributed by atoms with E-state index in [4.69, 9.17) is 9.47 Å². The monoisotopic (exact) mass is 691 g/mol. The molecule has 264 valence electrons. The first-order valence-corrected chi connectivity index (χ1v) is 16.7. The van der Waals surface area contributed by atoms with Gasteiger partial charge in [0, 0.05) is 19.5 Å². The number of esters is 1. The maximum atomic E-state index is 14.4. The van der Waals surface area contributed by atoms with Crippen molar-refractivity contribution in [2.75, 3.05) is 40.5 Å². The normalized spacial score (nSPS) is 17.2. The molecule has 2 atom stereocenters. The van der Waals surface area contributed by atoms with Crippen LogP contribution in [0.15, 0.2) is 104 Å². The van der Waals surface area contributed by atoms with E-state index >= 15 is 0 Å². The van der Waals surface area contributed by atoms with Gasteiger partial charge in [-0.1, -0.05) is 72.8 Å². The number of hydrogen-bond acceptors (Lipinski definition) is 8. The molecule has 0 spiro atoms. The van der Waals surface area contributed by atoms with Gasteiger partial charge in [0.05, 0.1) is 33.9 Å². The van der Waals surface area contributed by atoms with Crippen LogP contribution in [0.3, 0.4) is 0 Å². The van der Waals surface area contributed by atoms with E-state index in [9.17, 15) is 19.2 Å². The van der Waals surface area contributed by atoms with Gasteiger partial charge in [0.15, 0.2) is 6.61 Å². The molecule has 0 aliphatic carbocycles. The molecule has 12 nitrogen and oxygen atoms in total. The number of hydrazine groups is 1.